The van der Waals surface area contributed by atoms with E-state index >= 15 is 0 Å². The molecule has 5 rings (SSSR count). The van der Waals surface area contributed by atoms with Gasteiger partial charge in [-0.05, 0) is 85.6 Å². The first-order valence-electron chi connectivity index (χ1n) is 18.5. The van der Waals surface area contributed by atoms with Crippen LogP contribution in [0.25, 0.3) is 6.08 Å². The summed E-state index contributed by atoms with van der Waals surface area (Å²) in [6.07, 6.45) is 6.68. The molecule has 3 aromatic carbocycles. The third-order valence-corrected chi connectivity index (χ3v) is 10.3. The summed E-state index contributed by atoms with van der Waals surface area (Å²) in [4.78, 5) is 69.1. The Kier molecular flexibility index (Phi) is 13.1. The summed E-state index contributed by atoms with van der Waals surface area (Å²) in [5.74, 6) is -1.40. The van der Waals surface area contributed by atoms with Crippen molar-refractivity contribution in [2.45, 2.75) is 90.3 Å². The van der Waals surface area contributed by atoms with Gasteiger partial charge in [0.05, 0.1) is 12.5 Å². The summed E-state index contributed by atoms with van der Waals surface area (Å²) in [5.41, 5.74) is 2.09. The summed E-state index contributed by atoms with van der Waals surface area (Å²) in [6.45, 7) is 3.70. The number of hydrogen-bond donors (Lipinski definition) is 3. The Hall–Kier alpha value is -5.45. The Morgan fingerprint density at radius 3 is 2.23 bits per heavy atom. The molecule has 2 unspecified atom stereocenters. The van der Waals surface area contributed by atoms with Crippen LogP contribution < -0.4 is 20.3 Å². The van der Waals surface area contributed by atoms with Crippen molar-refractivity contribution in [3.63, 3.8) is 0 Å². The van der Waals surface area contributed by atoms with Crippen LogP contribution in [-0.4, -0.2) is 65.5 Å². The number of carbonyl (C=O) groups excluding carboxylic acids is 4. The molecular formula is C42H50N4O7. The number of methoxy groups -OCH3 is 1. The Labute approximate surface area is 311 Å². The quantitative estimate of drug-likeness (QED) is 0.157. The smallest absolute Gasteiger partial charge is 0.352 e. The van der Waals surface area contributed by atoms with Crippen LogP contribution in [0.4, 0.5) is 5.69 Å². The van der Waals surface area contributed by atoms with E-state index in [9.17, 15) is 29.1 Å². The van der Waals surface area contributed by atoms with Crippen molar-refractivity contribution in [3.8, 4) is 5.75 Å². The predicted molar refractivity (Wildman–Crippen MR) is 203 cm³/mol. The SMILES string of the molecule is CCCC(=O)N1C(Cc2ccc(OC)cc2)C(=O)N(c2ccc(C=C(NC(=O)C3(CCNC(C)=O)CCCC3)C(=O)O)cc2)C1CCc1ccccc1. The molecule has 3 aromatic rings. The van der Waals surface area contributed by atoms with E-state index in [4.69, 9.17) is 4.74 Å². The van der Waals surface area contributed by atoms with Crippen molar-refractivity contribution in [1.29, 1.82) is 0 Å². The average Bonchev–Trinajstić information content (AvgIpc) is 3.74. The van der Waals surface area contributed by atoms with Crippen molar-refractivity contribution in [2.24, 2.45) is 5.41 Å². The molecule has 2 fully saturated rings. The fourth-order valence-corrected chi connectivity index (χ4v) is 7.54. The molecule has 11 nitrogen and oxygen atoms in total. The van der Waals surface area contributed by atoms with Gasteiger partial charge in [-0.25, -0.2) is 4.79 Å². The van der Waals surface area contributed by atoms with E-state index < -0.39 is 23.6 Å². The van der Waals surface area contributed by atoms with Gasteiger partial charge in [0.15, 0.2) is 0 Å². The molecule has 0 radical (unpaired) electrons. The van der Waals surface area contributed by atoms with Gasteiger partial charge < -0.3 is 25.4 Å². The summed E-state index contributed by atoms with van der Waals surface area (Å²) in [6, 6.07) is 23.7. The number of ether oxygens (including phenoxy) is 1. The van der Waals surface area contributed by atoms with Gasteiger partial charge in [-0.1, -0.05) is 74.4 Å². The van der Waals surface area contributed by atoms with Crippen LogP contribution in [0.3, 0.4) is 0 Å². The number of carbonyl (C=O) groups is 5. The zero-order valence-electron chi connectivity index (χ0n) is 30.8. The number of aliphatic carboxylic acids is 1. The van der Waals surface area contributed by atoms with Gasteiger partial charge in [0, 0.05) is 32.0 Å². The van der Waals surface area contributed by atoms with Crippen molar-refractivity contribution in [3.05, 3.63) is 101 Å². The fourth-order valence-electron chi connectivity index (χ4n) is 7.54. The Morgan fingerprint density at radius 1 is 0.943 bits per heavy atom. The first-order chi connectivity index (χ1) is 25.5. The predicted octanol–water partition coefficient (Wildman–Crippen LogP) is 5.87. The van der Waals surface area contributed by atoms with Crippen LogP contribution in [0.1, 0.15) is 81.9 Å². The fraction of sp³-hybridized carbons (Fsp3) is 0.405. The second-order valence-corrected chi connectivity index (χ2v) is 14.0. The number of nitrogens with zero attached hydrogens (tertiary/aromatic N) is 2. The second-order valence-electron chi connectivity index (χ2n) is 14.0. The molecule has 0 bridgehead atoms. The van der Waals surface area contributed by atoms with E-state index in [2.05, 4.69) is 10.6 Å². The van der Waals surface area contributed by atoms with Gasteiger partial charge in [-0.3, -0.25) is 24.1 Å². The van der Waals surface area contributed by atoms with E-state index in [0.29, 0.717) is 74.9 Å². The highest BCUT2D eigenvalue weighted by Crippen LogP contribution is 2.41. The third kappa shape index (κ3) is 9.51. The normalized spacial score (nSPS) is 18.2. The summed E-state index contributed by atoms with van der Waals surface area (Å²) >= 11 is 0. The van der Waals surface area contributed by atoms with Crippen LogP contribution in [0, 0.1) is 5.41 Å². The summed E-state index contributed by atoms with van der Waals surface area (Å²) < 4.78 is 5.32. The molecule has 4 amide bonds. The zero-order valence-corrected chi connectivity index (χ0v) is 30.8. The number of aryl methyl sites for hydroxylation is 1. The third-order valence-electron chi connectivity index (χ3n) is 10.3. The van der Waals surface area contributed by atoms with Crippen molar-refractivity contribution >= 4 is 41.4 Å². The van der Waals surface area contributed by atoms with Gasteiger partial charge in [0.2, 0.25) is 17.7 Å². The highest BCUT2D eigenvalue weighted by Gasteiger charge is 2.48. The maximum absolute atomic E-state index is 14.5. The number of rotatable bonds is 16. The maximum atomic E-state index is 14.5. The lowest BCUT2D eigenvalue weighted by Crippen LogP contribution is -2.45. The van der Waals surface area contributed by atoms with Gasteiger partial charge in [0.25, 0.3) is 5.91 Å². The molecule has 0 spiro atoms. The van der Waals surface area contributed by atoms with Crippen molar-refractivity contribution in [1.82, 2.24) is 15.5 Å². The molecule has 1 saturated carbocycles. The number of hydrogen-bond acceptors (Lipinski definition) is 6. The van der Waals surface area contributed by atoms with Crippen LogP contribution in [0.5, 0.6) is 5.75 Å². The van der Waals surface area contributed by atoms with Crippen LogP contribution in [0.15, 0.2) is 84.6 Å². The zero-order chi connectivity index (χ0) is 38.0. The lowest BCUT2D eigenvalue weighted by atomic mass is 9.81. The van der Waals surface area contributed by atoms with E-state index in [1.807, 2.05) is 61.5 Å². The molecule has 1 saturated heterocycles. The molecule has 280 valence electrons. The van der Waals surface area contributed by atoms with Gasteiger partial charge >= 0.3 is 5.97 Å². The Balaban J connectivity index is 1.43. The van der Waals surface area contributed by atoms with E-state index in [1.165, 1.54) is 13.0 Å². The number of nitrogens with one attached hydrogen (secondary N) is 2. The summed E-state index contributed by atoms with van der Waals surface area (Å²) in [5, 5.41) is 15.5. The standard InChI is InChI=1S/C42H50N4O7/c1-4-10-38(48)46-36(28-32-15-20-34(53-3)21-16-32)39(49)45(37(46)22-17-30-11-6-5-7-12-30)33-18-13-31(14-19-33)27-35(40(50)51)44-41(52)42(23-8-9-24-42)25-26-43-29(2)47/h5-7,11-16,18-21,27,36-37H,4,8-10,17,22-26,28H2,1-3H3,(H,43,47)(H,44,52)(H,50,51). The first-order valence-corrected chi connectivity index (χ1v) is 18.5. The van der Waals surface area contributed by atoms with Crippen LogP contribution >= 0.6 is 0 Å². The number of benzene rings is 3. The van der Waals surface area contributed by atoms with Crippen LogP contribution in [-0.2, 0) is 36.8 Å². The molecule has 2 atom stereocenters. The number of carboxylic acid groups (broad SMARTS) is 1. The molecule has 1 aliphatic heterocycles. The molecule has 1 heterocycles. The van der Waals surface area contributed by atoms with E-state index in [0.717, 1.165) is 24.0 Å². The molecule has 2 aliphatic rings. The average molecular weight is 723 g/mol. The minimum atomic E-state index is -1.28. The molecule has 1 aliphatic carbocycles. The lowest BCUT2D eigenvalue weighted by Gasteiger charge is -2.32. The molecule has 11 heteroatoms. The number of carboxylic acids is 1. The van der Waals surface area contributed by atoms with E-state index in [1.54, 1.807) is 41.2 Å². The van der Waals surface area contributed by atoms with Crippen molar-refractivity contribution in [2.75, 3.05) is 18.6 Å². The van der Waals surface area contributed by atoms with Gasteiger partial charge in [-0.2, -0.15) is 0 Å². The molecule has 3 N–H and O–H groups in total. The second kappa shape index (κ2) is 17.9. The molecule has 53 heavy (non-hydrogen) atoms. The largest absolute Gasteiger partial charge is 0.497 e. The number of anilines is 1. The minimum Gasteiger partial charge on any atom is -0.497 e. The number of amides is 4. The Morgan fingerprint density at radius 2 is 1.62 bits per heavy atom. The maximum Gasteiger partial charge on any atom is 0.352 e. The van der Waals surface area contributed by atoms with Crippen molar-refractivity contribution < 1.29 is 33.8 Å². The first kappa shape index (κ1) is 38.8. The Bertz CT molecular complexity index is 1780. The summed E-state index contributed by atoms with van der Waals surface area (Å²) in [7, 11) is 1.60. The lowest BCUT2D eigenvalue weighted by molar-refractivity contribution is -0.137. The van der Waals surface area contributed by atoms with E-state index in [-0.39, 0.29) is 29.3 Å². The topological polar surface area (TPSA) is 145 Å². The monoisotopic (exact) mass is 722 g/mol. The van der Waals surface area contributed by atoms with Crippen LogP contribution in [0.2, 0.25) is 0 Å². The minimum absolute atomic E-state index is 0.0848. The van der Waals surface area contributed by atoms with Gasteiger partial charge in [0.1, 0.15) is 23.7 Å². The molecule has 0 aromatic heterocycles. The van der Waals surface area contributed by atoms with Gasteiger partial charge in [-0.15, -0.1) is 0 Å². The highest BCUT2D eigenvalue weighted by atomic mass is 16.5. The highest BCUT2D eigenvalue weighted by molar-refractivity contribution is 6.04. The molecular weight excluding hydrogens is 672 g/mol.